The Labute approximate surface area is 117 Å². The molecule has 0 heterocycles. The van der Waals surface area contributed by atoms with Gasteiger partial charge in [0.05, 0.1) is 17.6 Å². The molecule has 0 amide bonds. The highest BCUT2D eigenvalue weighted by atomic mass is 32.1. The van der Waals surface area contributed by atoms with E-state index in [2.05, 4.69) is 19.6 Å². The van der Waals surface area contributed by atoms with Gasteiger partial charge in [0, 0.05) is 11.5 Å². The lowest BCUT2D eigenvalue weighted by molar-refractivity contribution is -0.385. The van der Waals surface area contributed by atoms with Crippen molar-refractivity contribution in [3.63, 3.8) is 0 Å². The lowest BCUT2D eigenvalue weighted by Gasteiger charge is -2.15. The number of nitro benzene ring substituents is 1. The monoisotopic (exact) mass is 287 g/mol. The molecule has 0 aromatic heterocycles. The highest BCUT2D eigenvalue weighted by molar-refractivity contribution is 7.80. The zero-order valence-electron chi connectivity index (χ0n) is 11.1. The summed E-state index contributed by atoms with van der Waals surface area (Å²) in [4.78, 5) is 10.1. The van der Waals surface area contributed by atoms with Crippen LogP contribution in [0.25, 0.3) is 0 Å². The van der Waals surface area contributed by atoms with Gasteiger partial charge in [-0.3, -0.25) is 10.1 Å². The predicted molar refractivity (Wildman–Crippen MR) is 75.5 cm³/mol. The van der Waals surface area contributed by atoms with Gasteiger partial charge >= 0.3 is 0 Å². The molecule has 6 heteroatoms. The number of nitro groups is 1. The molecule has 0 radical (unpaired) electrons. The van der Waals surface area contributed by atoms with Crippen molar-refractivity contribution in [2.45, 2.75) is 26.7 Å². The lowest BCUT2D eigenvalue weighted by Crippen LogP contribution is -2.14. The van der Waals surface area contributed by atoms with Crippen LogP contribution in [0.5, 0.6) is 5.75 Å². The summed E-state index contributed by atoms with van der Waals surface area (Å²) >= 11 is 4.22. The topological polar surface area (TPSA) is 52.4 Å². The summed E-state index contributed by atoms with van der Waals surface area (Å²) in [6, 6.07) is 2.27. The van der Waals surface area contributed by atoms with Crippen molar-refractivity contribution < 1.29 is 14.1 Å². The first-order valence-electron chi connectivity index (χ1n) is 6.17. The van der Waals surface area contributed by atoms with E-state index >= 15 is 0 Å². The second-order valence-electron chi connectivity index (χ2n) is 4.47. The second-order valence-corrected chi connectivity index (χ2v) is 4.84. The van der Waals surface area contributed by atoms with Gasteiger partial charge in [0.1, 0.15) is 0 Å². The summed E-state index contributed by atoms with van der Waals surface area (Å²) in [6.07, 6.45) is 1.97. The molecule has 1 rings (SSSR count). The molecule has 1 aromatic rings. The number of nitrogens with zero attached hydrogens (tertiary/aromatic N) is 1. The molecule has 0 aliphatic carbocycles. The first-order valence-corrected chi connectivity index (χ1v) is 6.81. The molecule has 0 aliphatic heterocycles. The average Bonchev–Trinajstić information content (AvgIpc) is 2.37. The van der Waals surface area contributed by atoms with Crippen LogP contribution in [-0.2, 0) is 0 Å². The van der Waals surface area contributed by atoms with Crippen LogP contribution in [-0.4, -0.2) is 17.3 Å². The van der Waals surface area contributed by atoms with Gasteiger partial charge < -0.3 is 4.74 Å². The number of aryl methyl sites for hydroxylation is 1. The van der Waals surface area contributed by atoms with Crippen LogP contribution in [0.4, 0.5) is 10.1 Å². The summed E-state index contributed by atoms with van der Waals surface area (Å²) < 4.78 is 19.1. The number of benzene rings is 1. The van der Waals surface area contributed by atoms with Gasteiger partial charge in [-0.25, -0.2) is 4.39 Å². The van der Waals surface area contributed by atoms with Crippen molar-refractivity contribution in [3.05, 3.63) is 33.6 Å². The number of rotatable bonds is 7. The number of hydrogen-bond donors (Lipinski definition) is 1. The fraction of sp³-hybridized carbons (Fsp3) is 0.538. The number of ether oxygens (including phenoxy) is 1. The molecule has 4 nitrogen and oxygen atoms in total. The molecule has 0 bridgehead atoms. The number of thiol groups is 1. The fourth-order valence-corrected chi connectivity index (χ4v) is 2.08. The SMILES string of the molecule is CCCC(CS)COc1cc(C)c([N+](=O)[O-])cc1F. The van der Waals surface area contributed by atoms with Gasteiger partial charge in [-0.2, -0.15) is 12.6 Å². The molecule has 1 atom stereocenters. The van der Waals surface area contributed by atoms with Crippen LogP contribution in [0.3, 0.4) is 0 Å². The van der Waals surface area contributed by atoms with Gasteiger partial charge in [-0.1, -0.05) is 13.3 Å². The maximum Gasteiger partial charge on any atom is 0.275 e. The van der Waals surface area contributed by atoms with Gasteiger partial charge in [0.25, 0.3) is 5.69 Å². The average molecular weight is 287 g/mol. The maximum atomic E-state index is 13.7. The van der Waals surface area contributed by atoms with Gasteiger partial charge in [-0.05, 0) is 25.2 Å². The minimum absolute atomic E-state index is 0.0611. The molecule has 1 aromatic carbocycles. The fourth-order valence-electron chi connectivity index (χ4n) is 1.80. The molecular formula is C13H18FNO3S. The van der Waals surface area contributed by atoms with E-state index in [1.165, 1.54) is 6.07 Å². The highest BCUT2D eigenvalue weighted by Gasteiger charge is 2.17. The number of halogens is 1. The van der Waals surface area contributed by atoms with E-state index in [4.69, 9.17) is 4.74 Å². The van der Waals surface area contributed by atoms with E-state index in [1.807, 2.05) is 0 Å². The quantitative estimate of drug-likeness (QED) is 0.472. The van der Waals surface area contributed by atoms with Crippen molar-refractivity contribution in [1.29, 1.82) is 0 Å². The first-order chi connectivity index (χ1) is 8.99. The van der Waals surface area contributed by atoms with Crippen LogP contribution < -0.4 is 4.74 Å². The summed E-state index contributed by atoms with van der Waals surface area (Å²) in [5.74, 6) is 0.280. The van der Waals surface area contributed by atoms with Gasteiger partial charge in [0.15, 0.2) is 11.6 Å². The third-order valence-electron chi connectivity index (χ3n) is 2.88. The van der Waals surface area contributed by atoms with Crippen molar-refractivity contribution in [3.8, 4) is 5.75 Å². The van der Waals surface area contributed by atoms with Gasteiger partial charge in [-0.15, -0.1) is 0 Å². The van der Waals surface area contributed by atoms with E-state index in [-0.39, 0.29) is 17.4 Å². The Morgan fingerprint density at radius 3 is 2.74 bits per heavy atom. The normalized spacial score (nSPS) is 12.2. The maximum absolute atomic E-state index is 13.7. The zero-order chi connectivity index (χ0) is 14.4. The van der Waals surface area contributed by atoms with Gasteiger partial charge in [0.2, 0.25) is 0 Å². The Morgan fingerprint density at radius 1 is 1.53 bits per heavy atom. The molecule has 0 aliphatic rings. The van der Waals surface area contributed by atoms with Crippen molar-refractivity contribution >= 4 is 18.3 Å². The molecule has 0 saturated heterocycles. The Hall–Kier alpha value is -1.30. The first kappa shape index (κ1) is 15.8. The van der Waals surface area contributed by atoms with Crippen molar-refractivity contribution in [1.82, 2.24) is 0 Å². The third-order valence-corrected chi connectivity index (χ3v) is 3.39. The Balaban J connectivity index is 2.79. The van der Waals surface area contributed by atoms with E-state index < -0.39 is 10.7 Å². The zero-order valence-corrected chi connectivity index (χ0v) is 12.0. The minimum Gasteiger partial charge on any atom is -0.490 e. The van der Waals surface area contributed by atoms with Crippen molar-refractivity contribution in [2.24, 2.45) is 5.92 Å². The molecule has 0 saturated carbocycles. The van der Waals surface area contributed by atoms with Crippen LogP contribution in [0.1, 0.15) is 25.3 Å². The molecule has 106 valence electrons. The Bertz CT molecular complexity index is 454. The summed E-state index contributed by atoms with van der Waals surface area (Å²) in [6.45, 7) is 3.99. The van der Waals surface area contributed by atoms with Crippen LogP contribution in [0.15, 0.2) is 12.1 Å². The Morgan fingerprint density at radius 2 is 2.21 bits per heavy atom. The summed E-state index contributed by atoms with van der Waals surface area (Å²) in [5, 5.41) is 10.7. The van der Waals surface area contributed by atoms with Crippen LogP contribution >= 0.6 is 12.6 Å². The van der Waals surface area contributed by atoms with E-state index in [0.717, 1.165) is 18.9 Å². The van der Waals surface area contributed by atoms with Crippen LogP contribution in [0.2, 0.25) is 0 Å². The molecule has 0 fully saturated rings. The third kappa shape index (κ3) is 4.38. The summed E-state index contributed by atoms with van der Waals surface area (Å²) in [7, 11) is 0. The molecule has 0 N–H and O–H groups in total. The molecule has 0 spiro atoms. The molecular weight excluding hydrogens is 269 g/mol. The lowest BCUT2D eigenvalue weighted by atomic mass is 10.1. The minimum atomic E-state index is -0.702. The number of hydrogen-bond acceptors (Lipinski definition) is 4. The largest absolute Gasteiger partial charge is 0.490 e. The van der Waals surface area contributed by atoms with E-state index in [0.29, 0.717) is 17.9 Å². The smallest absolute Gasteiger partial charge is 0.275 e. The second kappa shape index (κ2) is 7.33. The van der Waals surface area contributed by atoms with E-state index in [9.17, 15) is 14.5 Å². The predicted octanol–water partition coefficient (Wildman–Crippen LogP) is 3.77. The summed E-state index contributed by atoms with van der Waals surface area (Å²) in [5.41, 5.74) is 0.156. The molecule has 19 heavy (non-hydrogen) atoms. The van der Waals surface area contributed by atoms with E-state index in [1.54, 1.807) is 6.92 Å². The van der Waals surface area contributed by atoms with Crippen LogP contribution in [0, 0.1) is 28.8 Å². The highest BCUT2D eigenvalue weighted by Crippen LogP contribution is 2.27. The molecule has 1 unspecified atom stereocenters. The van der Waals surface area contributed by atoms with Crippen molar-refractivity contribution in [2.75, 3.05) is 12.4 Å². The standard InChI is InChI=1S/C13H18FNO3S/c1-3-4-10(8-19)7-18-13-5-9(2)12(15(16)17)6-11(13)14/h5-6,10,19H,3-4,7-8H2,1-2H3. The Kier molecular flexibility index (Phi) is 6.08.